The number of benzene rings is 1. The normalized spacial score (nSPS) is 26.0. The van der Waals surface area contributed by atoms with Gasteiger partial charge in [0.05, 0.1) is 16.9 Å². The maximum absolute atomic E-state index is 10.7. The highest BCUT2D eigenvalue weighted by atomic mass is 16.3. The smallest absolute Gasteiger partial charge is 0.101 e. The van der Waals surface area contributed by atoms with Crippen molar-refractivity contribution in [3.05, 3.63) is 29.3 Å². The van der Waals surface area contributed by atoms with Crippen LogP contribution in [0.3, 0.4) is 0 Å². The minimum absolute atomic E-state index is 0.531. The van der Waals surface area contributed by atoms with E-state index in [1.165, 1.54) is 6.42 Å². The summed E-state index contributed by atoms with van der Waals surface area (Å²) in [6.07, 6.45) is 5.12. The number of nitriles is 1. The van der Waals surface area contributed by atoms with Crippen molar-refractivity contribution in [3.8, 4) is 6.07 Å². The molecule has 0 unspecified atom stereocenters. The standard InChI is InChI=1S/C17H24N2O/c1-3-14-7-9-17(20,10-8-14)12-19-16-13(2)5-4-6-15(16)11-18/h4-6,14,19-20H,3,7-10,12H2,1-2H3. The lowest BCUT2D eigenvalue weighted by molar-refractivity contribution is 0.00228. The average molecular weight is 272 g/mol. The number of nitrogens with zero attached hydrogens (tertiary/aromatic N) is 1. The third kappa shape index (κ3) is 3.32. The zero-order valence-corrected chi connectivity index (χ0v) is 12.4. The molecular formula is C17H24N2O. The van der Waals surface area contributed by atoms with E-state index in [4.69, 9.17) is 5.26 Å². The van der Waals surface area contributed by atoms with Crippen molar-refractivity contribution in [2.45, 2.75) is 51.6 Å². The van der Waals surface area contributed by atoms with Crippen LogP contribution in [0, 0.1) is 24.2 Å². The molecule has 20 heavy (non-hydrogen) atoms. The predicted molar refractivity (Wildman–Crippen MR) is 81.6 cm³/mol. The van der Waals surface area contributed by atoms with Crippen molar-refractivity contribution >= 4 is 5.69 Å². The Bertz CT molecular complexity index is 496. The van der Waals surface area contributed by atoms with E-state index in [0.717, 1.165) is 42.9 Å². The molecule has 0 radical (unpaired) electrons. The van der Waals surface area contributed by atoms with Crippen LogP contribution in [0.1, 0.15) is 50.2 Å². The Labute approximate surface area is 121 Å². The topological polar surface area (TPSA) is 56.0 Å². The predicted octanol–water partition coefficient (Wildman–Crippen LogP) is 3.61. The summed E-state index contributed by atoms with van der Waals surface area (Å²) in [6.45, 7) is 4.74. The van der Waals surface area contributed by atoms with Crippen LogP contribution in [0.5, 0.6) is 0 Å². The molecule has 3 nitrogen and oxygen atoms in total. The van der Waals surface area contributed by atoms with E-state index in [1.54, 1.807) is 0 Å². The summed E-state index contributed by atoms with van der Waals surface area (Å²) >= 11 is 0. The van der Waals surface area contributed by atoms with Crippen LogP contribution in [0.4, 0.5) is 5.69 Å². The summed E-state index contributed by atoms with van der Waals surface area (Å²) in [5.41, 5.74) is 1.94. The van der Waals surface area contributed by atoms with Gasteiger partial charge < -0.3 is 10.4 Å². The lowest BCUT2D eigenvalue weighted by atomic mass is 9.78. The quantitative estimate of drug-likeness (QED) is 0.880. The van der Waals surface area contributed by atoms with E-state index < -0.39 is 5.60 Å². The monoisotopic (exact) mass is 272 g/mol. The third-order valence-corrected chi connectivity index (χ3v) is 4.60. The van der Waals surface area contributed by atoms with Crippen LogP contribution in [0.15, 0.2) is 18.2 Å². The summed E-state index contributed by atoms with van der Waals surface area (Å²) in [6, 6.07) is 7.90. The molecule has 1 fully saturated rings. The van der Waals surface area contributed by atoms with E-state index in [1.807, 2.05) is 25.1 Å². The fraction of sp³-hybridized carbons (Fsp3) is 0.588. The van der Waals surface area contributed by atoms with Gasteiger partial charge >= 0.3 is 0 Å². The van der Waals surface area contributed by atoms with Gasteiger partial charge in [-0.25, -0.2) is 0 Å². The van der Waals surface area contributed by atoms with Gasteiger partial charge in [-0.15, -0.1) is 0 Å². The fourth-order valence-corrected chi connectivity index (χ4v) is 3.05. The van der Waals surface area contributed by atoms with Crippen LogP contribution < -0.4 is 5.32 Å². The average Bonchev–Trinajstić information content (AvgIpc) is 2.46. The number of nitrogens with one attached hydrogen (secondary N) is 1. The number of rotatable bonds is 4. The van der Waals surface area contributed by atoms with Crippen molar-refractivity contribution in [1.82, 2.24) is 0 Å². The summed E-state index contributed by atoms with van der Waals surface area (Å²) in [7, 11) is 0. The Morgan fingerprint density at radius 1 is 1.40 bits per heavy atom. The first kappa shape index (κ1) is 14.9. The molecule has 0 bridgehead atoms. The molecule has 0 spiro atoms. The maximum Gasteiger partial charge on any atom is 0.101 e. The molecule has 108 valence electrons. The summed E-state index contributed by atoms with van der Waals surface area (Å²) < 4.78 is 0. The molecule has 2 rings (SSSR count). The Morgan fingerprint density at radius 3 is 2.70 bits per heavy atom. The minimum Gasteiger partial charge on any atom is -0.388 e. The number of hydrogen-bond acceptors (Lipinski definition) is 3. The number of aliphatic hydroxyl groups is 1. The van der Waals surface area contributed by atoms with Gasteiger partial charge in [0.2, 0.25) is 0 Å². The summed E-state index contributed by atoms with van der Waals surface area (Å²) in [5.74, 6) is 0.767. The number of anilines is 1. The number of aryl methyl sites for hydroxylation is 1. The highest BCUT2D eigenvalue weighted by Crippen LogP contribution is 2.34. The number of hydrogen-bond donors (Lipinski definition) is 2. The molecular weight excluding hydrogens is 248 g/mol. The first-order valence-corrected chi connectivity index (χ1v) is 7.54. The molecule has 0 saturated heterocycles. The van der Waals surface area contributed by atoms with Crippen LogP contribution in [0.2, 0.25) is 0 Å². The summed E-state index contributed by atoms with van der Waals surface area (Å²) in [5, 5.41) is 23.1. The zero-order chi connectivity index (χ0) is 14.6. The molecule has 0 aliphatic heterocycles. The molecule has 0 heterocycles. The molecule has 3 heteroatoms. The highest BCUT2D eigenvalue weighted by molar-refractivity contribution is 5.62. The van der Waals surface area contributed by atoms with Gasteiger partial charge in [-0.2, -0.15) is 5.26 Å². The number of para-hydroxylation sites is 1. The van der Waals surface area contributed by atoms with E-state index in [0.29, 0.717) is 12.1 Å². The first-order chi connectivity index (χ1) is 9.58. The molecule has 0 aromatic heterocycles. The van der Waals surface area contributed by atoms with Crippen molar-refractivity contribution in [3.63, 3.8) is 0 Å². The molecule has 2 N–H and O–H groups in total. The Hall–Kier alpha value is -1.53. The van der Waals surface area contributed by atoms with Gasteiger partial charge in [-0.3, -0.25) is 0 Å². The second-order valence-corrected chi connectivity index (χ2v) is 6.04. The molecule has 1 aromatic rings. The second-order valence-electron chi connectivity index (χ2n) is 6.04. The van der Waals surface area contributed by atoms with E-state index in [9.17, 15) is 5.11 Å². The highest BCUT2D eigenvalue weighted by Gasteiger charge is 2.32. The molecule has 1 aromatic carbocycles. The lowest BCUT2D eigenvalue weighted by Gasteiger charge is -2.36. The maximum atomic E-state index is 10.7. The Kier molecular flexibility index (Phi) is 4.67. The SMILES string of the molecule is CCC1CCC(O)(CNc2c(C)cccc2C#N)CC1. The van der Waals surface area contributed by atoms with Gasteiger partial charge in [-0.05, 0) is 50.2 Å². The lowest BCUT2D eigenvalue weighted by Crippen LogP contribution is -2.40. The minimum atomic E-state index is -0.624. The van der Waals surface area contributed by atoms with Gasteiger partial charge in [0.25, 0.3) is 0 Å². The van der Waals surface area contributed by atoms with Gasteiger partial charge in [0, 0.05) is 6.54 Å². The molecule has 1 aliphatic carbocycles. The van der Waals surface area contributed by atoms with Crippen molar-refractivity contribution in [2.24, 2.45) is 5.92 Å². The zero-order valence-electron chi connectivity index (χ0n) is 12.4. The van der Waals surface area contributed by atoms with Crippen LogP contribution in [-0.4, -0.2) is 17.3 Å². The van der Waals surface area contributed by atoms with E-state index in [2.05, 4.69) is 18.3 Å². The third-order valence-electron chi connectivity index (χ3n) is 4.60. The van der Waals surface area contributed by atoms with Crippen LogP contribution in [-0.2, 0) is 0 Å². The molecule has 1 saturated carbocycles. The molecule has 0 amide bonds. The fourth-order valence-electron chi connectivity index (χ4n) is 3.05. The largest absolute Gasteiger partial charge is 0.388 e. The first-order valence-electron chi connectivity index (χ1n) is 7.54. The van der Waals surface area contributed by atoms with E-state index in [-0.39, 0.29) is 0 Å². The van der Waals surface area contributed by atoms with Gasteiger partial charge in [0.15, 0.2) is 0 Å². The van der Waals surface area contributed by atoms with Crippen LogP contribution in [0.25, 0.3) is 0 Å². The Balaban J connectivity index is 2.01. The van der Waals surface area contributed by atoms with Gasteiger partial charge in [-0.1, -0.05) is 25.5 Å². The van der Waals surface area contributed by atoms with Gasteiger partial charge in [0.1, 0.15) is 6.07 Å². The van der Waals surface area contributed by atoms with Crippen molar-refractivity contribution in [1.29, 1.82) is 5.26 Å². The van der Waals surface area contributed by atoms with Crippen LogP contribution >= 0.6 is 0 Å². The Morgan fingerprint density at radius 2 is 2.10 bits per heavy atom. The van der Waals surface area contributed by atoms with E-state index >= 15 is 0 Å². The molecule has 0 atom stereocenters. The second kappa shape index (κ2) is 6.28. The van der Waals surface area contributed by atoms with Crippen molar-refractivity contribution in [2.75, 3.05) is 11.9 Å². The summed E-state index contributed by atoms with van der Waals surface area (Å²) in [4.78, 5) is 0. The molecule has 1 aliphatic rings. The van der Waals surface area contributed by atoms with Crippen molar-refractivity contribution < 1.29 is 5.11 Å².